The largest absolute Gasteiger partial charge is 0.760 e. The van der Waals surface area contributed by atoms with E-state index in [0.717, 1.165) is 40.4 Å². The molecule has 0 saturated carbocycles. The van der Waals surface area contributed by atoms with Crippen molar-refractivity contribution in [1.29, 1.82) is 0 Å². The Morgan fingerprint density at radius 3 is 2.42 bits per heavy atom. The summed E-state index contributed by atoms with van der Waals surface area (Å²) in [6.45, 7) is 6.86. The minimum absolute atomic E-state index is 0.626. The number of nitrogens with two attached hydrogens (primary N) is 1. The van der Waals surface area contributed by atoms with E-state index in [-0.39, 0.29) is 0 Å². The second-order valence-corrected chi connectivity index (χ2v) is 11.2. The van der Waals surface area contributed by atoms with Crippen LogP contribution in [-0.4, -0.2) is 42.8 Å². The molecule has 9 heteroatoms. The first kappa shape index (κ1) is 28.2. The first-order valence-corrected chi connectivity index (χ1v) is 15.1. The number of rotatable bonds is 5. The molecule has 3 aromatic carbocycles. The second kappa shape index (κ2) is 12.9. The maximum Gasteiger partial charge on any atom is 0.227 e. The zero-order valence-electron chi connectivity index (χ0n) is 23.2. The lowest BCUT2D eigenvalue weighted by molar-refractivity contribution is 0.222. The van der Waals surface area contributed by atoms with Crippen molar-refractivity contribution in [3.63, 3.8) is 0 Å². The SMILES string of the molecule is Cc1cccc(Nc2cccc3cnc(Nc4ccc5c(c4)CCC(N4CCCC4)CC5)nc23)c1C.NS(=O)[O-]. The number of hydrogen-bond donors (Lipinski definition) is 3. The number of aromatic nitrogens is 2. The van der Waals surface area contributed by atoms with E-state index in [1.165, 1.54) is 67.4 Å². The fourth-order valence-electron chi connectivity index (χ4n) is 5.82. The topological polar surface area (TPSA) is 119 Å². The van der Waals surface area contributed by atoms with E-state index in [9.17, 15) is 0 Å². The first-order valence-electron chi connectivity index (χ1n) is 13.9. The van der Waals surface area contributed by atoms with Gasteiger partial charge in [-0.25, -0.2) is 9.97 Å². The molecule has 2 heterocycles. The molecule has 1 fully saturated rings. The third-order valence-corrected chi connectivity index (χ3v) is 8.10. The summed E-state index contributed by atoms with van der Waals surface area (Å²) >= 11 is -2.36. The smallest absolute Gasteiger partial charge is 0.227 e. The number of nitrogens with zero attached hydrogens (tertiary/aromatic N) is 3. The van der Waals surface area contributed by atoms with Gasteiger partial charge in [-0.05, 0) is 112 Å². The van der Waals surface area contributed by atoms with E-state index in [2.05, 4.69) is 88.0 Å². The molecule has 0 radical (unpaired) electrons. The van der Waals surface area contributed by atoms with E-state index >= 15 is 0 Å². The molecule has 0 bridgehead atoms. The number of likely N-dealkylation sites (tertiary alicyclic amines) is 1. The van der Waals surface area contributed by atoms with Crippen LogP contribution in [0.4, 0.5) is 23.0 Å². The second-order valence-electron chi connectivity index (χ2n) is 10.7. The molecule has 0 spiro atoms. The Kier molecular flexibility index (Phi) is 9.06. The monoisotopic (exact) mass is 557 g/mol. The zero-order chi connectivity index (χ0) is 28.1. The van der Waals surface area contributed by atoms with E-state index < -0.39 is 11.3 Å². The van der Waals surface area contributed by atoms with Crippen LogP contribution in [0.1, 0.15) is 47.9 Å². The van der Waals surface area contributed by atoms with Crippen LogP contribution in [0.3, 0.4) is 0 Å². The maximum absolute atomic E-state index is 8.78. The van der Waals surface area contributed by atoms with E-state index in [4.69, 9.17) is 13.7 Å². The molecule has 1 aliphatic carbocycles. The van der Waals surface area contributed by atoms with Gasteiger partial charge in [0, 0.05) is 40.3 Å². The predicted octanol–water partition coefficient (Wildman–Crippen LogP) is 5.82. The van der Waals surface area contributed by atoms with Gasteiger partial charge in [-0.15, -0.1) is 0 Å². The van der Waals surface area contributed by atoms with Gasteiger partial charge >= 0.3 is 0 Å². The summed E-state index contributed by atoms with van der Waals surface area (Å²) < 4.78 is 17.6. The van der Waals surface area contributed by atoms with Gasteiger partial charge in [0.2, 0.25) is 5.95 Å². The molecule has 40 heavy (non-hydrogen) atoms. The molecule has 0 amide bonds. The van der Waals surface area contributed by atoms with E-state index in [1.807, 2.05) is 12.3 Å². The molecule has 2 unspecified atom stereocenters. The highest BCUT2D eigenvalue weighted by atomic mass is 32.2. The van der Waals surface area contributed by atoms with Crippen molar-refractivity contribution < 1.29 is 8.76 Å². The summed E-state index contributed by atoms with van der Waals surface area (Å²) in [6, 6.07) is 20.1. The summed E-state index contributed by atoms with van der Waals surface area (Å²) in [7, 11) is 0. The lowest BCUT2D eigenvalue weighted by Gasteiger charge is -2.25. The highest BCUT2D eigenvalue weighted by Crippen LogP contribution is 2.31. The van der Waals surface area contributed by atoms with Gasteiger partial charge in [-0.3, -0.25) is 9.35 Å². The van der Waals surface area contributed by atoms with Crippen LogP contribution >= 0.6 is 0 Å². The number of anilines is 4. The molecule has 4 aromatic rings. The molecule has 6 rings (SSSR count). The van der Waals surface area contributed by atoms with Crippen molar-refractivity contribution >= 4 is 45.2 Å². The number of hydrogen-bond acceptors (Lipinski definition) is 7. The van der Waals surface area contributed by atoms with Crippen molar-refractivity contribution in [3.8, 4) is 0 Å². The van der Waals surface area contributed by atoms with Gasteiger partial charge in [0.25, 0.3) is 0 Å². The van der Waals surface area contributed by atoms with E-state index in [0.29, 0.717) is 5.95 Å². The lowest BCUT2D eigenvalue weighted by Crippen LogP contribution is -2.32. The predicted molar refractivity (Wildman–Crippen MR) is 163 cm³/mol. The maximum atomic E-state index is 8.78. The quantitative estimate of drug-likeness (QED) is 0.209. The van der Waals surface area contributed by atoms with Gasteiger partial charge in [0.15, 0.2) is 0 Å². The van der Waals surface area contributed by atoms with Crippen LogP contribution < -0.4 is 15.8 Å². The Labute approximate surface area is 238 Å². The van der Waals surface area contributed by atoms with Crippen molar-refractivity contribution in [2.45, 2.75) is 58.4 Å². The van der Waals surface area contributed by atoms with Crippen LogP contribution in [0, 0.1) is 13.8 Å². The fraction of sp³-hybridized carbons (Fsp3) is 0.355. The normalized spacial score (nSPS) is 17.9. The van der Waals surface area contributed by atoms with Gasteiger partial charge in [0.05, 0.1) is 11.2 Å². The highest BCUT2D eigenvalue weighted by molar-refractivity contribution is 7.76. The Morgan fingerprint density at radius 1 is 0.950 bits per heavy atom. The molecule has 2 aliphatic rings. The summed E-state index contributed by atoms with van der Waals surface area (Å²) in [5.74, 6) is 0.626. The minimum Gasteiger partial charge on any atom is -0.760 e. The van der Waals surface area contributed by atoms with Gasteiger partial charge in [-0.1, -0.05) is 30.3 Å². The molecule has 2 atom stereocenters. The van der Waals surface area contributed by atoms with Crippen molar-refractivity contribution in [3.05, 3.63) is 83.0 Å². The Hall–Kier alpha value is -3.37. The Balaban J connectivity index is 0.000000758. The average Bonchev–Trinajstić information content (AvgIpc) is 3.39. The molecule has 4 N–H and O–H groups in total. The summed E-state index contributed by atoms with van der Waals surface area (Å²) in [5, 5.41) is 12.1. The molecule has 1 aromatic heterocycles. The summed E-state index contributed by atoms with van der Waals surface area (Å²) in [5.41, 5.74) is 9.56. The molecule has 1 saturated heterocycles. The summed E-state index contributed by atoms with van der Waals surface area (Å²) in [6.07, 6.45) is 9.50. The molecule has 210 valence electrons. The third kappa shape index (κ3) is 6.85. The van der Waals surface area contributed by atoms with Crippen LogP contribution in [-0.2, 0) is 24.1 Å². The van der Waals surface area contributed by atoms with E-state index in [1.54, 1.807) is 0 Å². The number of para-hydroxylation sites is 1. The molecule has 8 nitrogen and oxygen atoms in total. The van der Waals surface area contributed by atoms with Crippen LogP contribution in [0.15, 0.2) is 60.8 Å². The number of nitrogens with one attached hydrogen (secondary N) is 2. The Bertz CT molecular complexity index is 1500. The first-order chi connectivity index (χ1) is 19.4. The third-order valence-electron chi connectivity index (χ3n) is 8.10. The molecule has 1 aliphatic heterocycles. The molecular weight excluding hydrogens is 520 g/mol. The van der Waals surface area contributed by atoms with Crippen LogP contribution in [0.25, 0.3) is 10.9 Å². The number of fused-ring (bicyclic) bond motifs is 2. The number of aryl methyl sites for hydroxylation is 3. The fourth-order valence-corrected chi connectivity index (χ4v) is 5.82. The molecular formula is C31H37N6O2S-. The van der Waals surface area contributed by atoms with Crippen molar-refractivity contribution in [2.75, 3.05) is 23.7 Å². The average molecular weight is 558 g/mol. The van der Waals surface area contributed by atoms with Crippen molar-refractivity contribution in [2.24, 2.45) is 5.14 Å². The zero-order valence-corrected chi connectivity index (χ0v) is 24.0. The Morgan fingerprint density at radius 2 is 1.65 bits per heavy atom. The lowest BCUT2D eigenvalue weighted by atomic mass is 10.0. The van der Waals surface area contributed by atoms with Crippen molar-refractivity contribution in [1.82, 2.24) is 14.9 Å². The number of benzene rings is 3. The van der Waals surface area contributed by atoms with Gasteiger partial charge in [0.1, 0.15) is 0 Å². The summed E-state index contributed by atoms with van der Waals surface area (Å²) in [4.78, 5) is 12.3. The van der Waals surface area contributed by atoms with Gasteiger partial charge < -0.3 is 20.1 Å². The van der Waals surface area contributed by atoms with Crippen LogP contribution in [0.2, 0.25) is 0 Å². The highest BCUT2D eigenvalue weighted by Gasteiger charge is 2.24. The van der Waals surface area contributed by atoms with Gasteiger partial charge in [-0.2, -0.15) is 0 Å². The minimum atomic E-state index is -2.36. The van der Waals surface area contributed by atoms with Crippen LogP contribution in [0.5, 0.6) is 0 Å². The standard InChI is InChI=1S/C31H35N5.H3NO2S/c1-21-7-5-9-28(22(21)2)34-29-10-6-8-25-20-32-31(35-30(25)29)33-26-14-11-23-12-15-27(16-13-24(23)19-26)36-17-3-4-18-36;1-4(2)3/h5-11,14,19-20,27,34H,3-4,12-13,15-18H2,1-2H3,(H,32,33,35);1H2,(H,2,3)/p-1.